The van der Waals surface area contributed by atoms with E-state index in [0.29, 0.717) is 24.4 Å². The molecule has 0 bridgehead atoms. The molecule has 35 heavy (non-hydrogen) atoms. The van der Waals surface area contributed by atoms with E-state index in [9.17, 15) is 10.2 Å². The zero-order valence-corrected chi connectivity index (χ0v) is 21.8. The third-order valence-electron chi connectivity index (χ3n) is 11.3. The molecular formula is C31H45NO3. The fraction of sp³-hybridized carbons (Fsp3) is 0.742. The number of benzene rings is 1. The van der Waals surface area contributed by atoms with Crippen LogP contribution in [0.1, 0.15) is 83.6 Å². The fourth-order valence-electron chi connectivity index (χ4n) is 9.22. The standard InChI is InChI=1S/C31H45NO3/c1-29-14-13-27-25(26(29)10-11-28(29)33)9-8-22-12-15-31(34,21-30(22,27)2)23-6-5-7-24(20-23)35-19-18-32-16-3-4-17-32/h5-8,20,25-28,33-34H,3-4,9-19,21H2,1-2H3/t25-,26-,27+,28?,29-,30-,31?/m0/s1. The number of rotatable bonds is 5. The maximum absolute atomic E-state index is 12.1. The predicted molar refractivity (Wildman–Crippen MR) is 139 cm³/mol. The van der Waals surface area contributed by atoms with E-state index in [4.69, 9.17) is 4.74 Å². The first kappa shape index (κ1) is 24.0. The smallest absolute Gasteiger partial charge is 0.119 e. The molecule has 6 rings (SSSR count). The highest BCUT2D eigenvalue weighted by molar-refractivity contribution is 5.36. The molecule has 1 aromatic rings. The Kier molecular flexibility index (Phi) is 6.09. The first-order valence-corrected chi connectivity index (χ1v) is 14.4. The number of hydrogen-bond donors (Lipinski definition) is 2. The van der Waals surface area contributed by atoms with Crippen LogP contribution in [-0.4, -0.2) is 47.5 Å². The van der Waals surface area contributed by atoms with E-state index >= 15 is 0 Å². The van der Waals surface area contributed by atoms with Crippen molar-refractivity contribution >= 4 is 0 Å². The summed E-state index contributed by atoms with van der Waals surface area (Å²) in [5, 5.41) is 22.9. The Balaban J connectivity index is 1.20. The molecule has 1 heterocycles. The van der Waals surface area contributed by atoms with Gasteiger partial charge >= 0.3 is 0 Å². The Bertz CT molecular complexity index is 970. The van der Waals surface area contributed by atoms with Gasteiger partial charge in [0.15, 0.2) is 0 Å². The van der Waals surface area contributed by atoms with E-state index in [-0.39, 0.29) is 16.9 Å². The van der Waals surface area contributed by atoms with Gasteiger partial charge in [-0.05, 0) is 124 Å². The SMILES string of the molecule is C[C@]12CC(O)(c3cccc(OCCN4CCCC4)c3)CCC1=CC[C@@H]1[C@H]2CC[C@]2(C)C(O)CC[C@@H]12. The number of nitrogens with zero attached hydrogens (tertiary/aromatic N) is 1. The lowest BCUT2D eigenvalue weighted by Crippen LogP contribution is -2.53. The van der Waals surface area contributed by atoms with E-state index < -0.39 is 5.60 Å². The molecule has 2 unspecified atom stereocenters. The molecule has 4 aliphatic carbocycles. The number of aliphatic hydroxyl groups is 2. The van der Waals surface area contributed by atoms with Gasteiger partial charge in [-0.3, -0.25) is 4.90 Å². The van der Waals surface area contributed by atoms with Gasteiger partial charge in [0.05, 0.1) is 11.7 Å². The number of likely N-dealkylation sites (tertiary alicyclic amines) is 1. The molecule has 0 amide bonds. The second-order valence-electron chi connectivity index (χ2n) is 13.0. The molecule has 1 saturated heterocycles. The molecule has 4 heteroatoms. The van der Waals surface area contributed by atoms with Crippen LogP contribution in [0.25, 0.3) is 0 Å². The van der Waals surface area contributed by atoms with Crippen LogP contribution in [0.5, 0.6) is 5.75 Å². The summed E-state index contributed by atoms with van der Waals surface area (Å²) < 4.78 is 6.14. The van der Waals surface area contributed by atoms with E-state index in [1.165, 1.54) is 45.2 Å². The van der Waals surface area contributed by atoms with Crippen LogP contribution in [0.15, 0.2) is 35.9 Å². The van der Waals surface area contributed by atoms with Crippen LogP contribution in [0.4, 0.5) is 0 Å². The molecule has 4 nitrogen and oxygen atoms in total. The van der Waals surface area contributed by atoms with Crippen LogP contribution in [0.3, 0.4) is 0 Å². The average Bonchev–Trinajstić information content (AvgIpc) is 3.46. The lowest BCUT2D eigenvalue weighted by molar-refractivity contribution is -0.101. The summed E-state index contributed by atoms with van der Waals surface area (Å²) in [6, 6.07) is 8.31. The average molecular weight is 480 g/mol. The summed E-state index contributed by atoms with van der Waals surface area (Å²) in [4.78, 5) is 2.48. The zero-order chi connectivity index (χ0) is 24.3. The van der Waals surface area contributed by atoms with E-state index in [1.807, 2.05) is 6.07 Å². The summed E-state index contributed by atoms with van der Waals surface area (Å²) in [6.45, 7) is 8.88. The van der Waals surface area contributed by atoms with Gasteiger partial charge in [-0.1, -0.05) is 37.6 Å². The summed E-state index contributed by atoms with van der Waals surface area (Å²) in [6.07, 6.45) is 13.2. The van der Waals surface area contributed by atoms with Gasteiger partial charge in [0.1, 0.15) is 12.4 Å². The van der Waals surface area contributed by atoms with Crippen LogP contribution in [0.2, 0.25) is 0 Å². The molecule has 0 spiro atoms. The van der Waals surface area contributed by atoms with Gasteiger partial charge in [-0.2, -0.15) is 0 Å². The lowest BCUT2D eigenvalue weighted by atomic mass is 9.46. The van der Waals surface area contributed by atoms with Gasteiger partial charge < -0.3 is 14.9 Å². The van der Waals surface area contributed by atoms with Crippen molar-refractivity contribution in [1.82, 2.24) is 4.90 Å². The van der Waals surface area contributed by atoms with Crippen molar-refractivity contribution in [1.29, 1.82) is 0 Å². The second-order valence-corrected chi connectivity index (χ2v) is 13.0. The van der Waals surface area contributed by atoms with E-state index in [2.05, 4.69) is 43.0 Å². The first-order chi connectivity index (χ1) is 16.8. The summed E-state index contributed by atoms with van der Waals surface area (Å²) in [5.74, 6) is 2.75. The fourth-order valence-corrected chi connectivity index (χ4v) is 9.22. The Labute approximate surface area is 211 Å². The van der Waals surface area contributed by atoms with Crippen molar-refractivity contribution in [3.8, 4) is 5.75 Å². The number of ether oxygens (including phenoxy) is 1. The molecule has 3 saturated carbocycles. The second kappa shape index (κ2) is 8.89. The molecule has 0 radical (unpaired) electrons. The monoisotopic (exact) mass is 479 g/mol. The molecule has 1 aromatic carbocycles. The Morgan fingerprint density at radius 3 is 2.71 bits per heavy atom. The predicted octanol–water partition coefficient (Wildman–Crippen LogP) is 5.67. The number of hydrogen-bond acceptors (Lipinski definition) is 4. The van der Waals surface area contributed by atoms with Gasteiger partial charge in [0.2, 0.25) is 0 Å². The summed E-state index contributed by atoms with van der Waals surface area (Å²) in [5.41, 5.74) is 1.93. The third kappa shape index (κ3) is 3.99. The Hall–Kier alpha value is -1.36. The molecule has 7 atom stereocenters. The van der Waals surface area contributed by atoms with Crippen LogP contribution in [-0.2, 0) is 5.60 Å². The summed E-state index contributed by atoms with van der Waals surface area (Å²) >= 11 is 0. The maximum atomic E-state index is 12.1. The van der Waals surface area contributed by atoms with E-state index in [1.54, 1.807) is 5.57 Å². The molecule has 4 fully saturated rings. The number of allylic oxidation sites excluding steroid dienone is 2. The van der Waals surface area contributed by atoms with Crippen molar-refractivity contribution in [2.45, 2.75) is 89.8 Å². The molecule has 2 N–H and O–H groups in total. The minimum atomic E-state index is -0.807. The largest absolute Gasteiger partial charge is 0.492 e. The zero-order valence-electron chi connectivity index (χ0n) is 21.8. The highest BCUT2D eigenvalue weighted by Crippen LogP contribution is 2.66. The first-order valence-electron chi connectivity index (χ1n) is 14.4. The molecule has 5 aliphatic rings. The summed E-state index contributed by atoms with van der Waals surface area (Å²) in [7, 11) is 0. The minimum absolute atomic E-state index is 0.0391. The van der Waals surface area contributed by atoms with Crippen molar-refractivity contribution in [3.63, 3.8) is 0 Å². The van der Waals surface area contributed by atoms with Gasteiger partial charge in [0, 0.05) is 6.54 Å². The number of aliphatic hydroxyl groups excluding tert-OH is 1. The normalized spacial score (nSPS) is 43.3. The highest BCUT2D eigenvalue weighted by atomic mass is 16.5. The van der Waals surface area contributed by atoms with Crippen LogP contribution in [0, 0.1) is 28.6 Å². The molecule has 192 valence electrons. The van der Waals surface area contributed by atoms with Crippen LogP contribution >= 0.6 is 0 Å². The quantitative estimate of drug-likeness (QED) is 0.534. The van der Waals surface area contributed by atoms with Crippen molar-refractivity contribution in [2.24, 2.45) is 28.6 Å². The van der Waals surface area contributed by atoms with Crippen molar-refractivity contribution in [3.05, 3.63) is 41.5 Å². The molecular weight excluding hydrogens is 434 g/mol. The van der Waals surface area contributed by atoms with E-state index in [0.717, 1.165) is 50.0 Å². The number of fused-ring (bicyclic) bond motifs is 5. The van der Waals surface area contributed by atoms with Gasteiger partial charge in [-0.15, -0.1) is 0 Å². The molecule has 1 aliphatic heterocycles. The topological polar surface area (TPSA) is 52.9 Å². The third-order valence-corrected chi connectivity index (χ3v) is 11.3. The Morgan fingerprint density at radius 2 is 1.89 bits per heavy atom. The van der Waals surface area contributed by atoms with Gasteiger partial charge in [0.25, 0.3) is 0 Å². The maximum Gasteiger partial charge on any atom is 0.119 e. The van der Waals surface area contributed by atoms with Crippen molar-refractivity contribution < 1.29 is 14.9 Å². The minimum Gasteiger partial charge on any atom is -0.492 e. The Morgan fingerprint density at radius 1 is 1.06 bits per heavy atom. The lowest BCUT2D eigenvalue weighted by Gasteiger charge is -2.59. The highest BCUT2D eigenvalue weighted by Gasteiger charge is 2.60. The van der Waals surface area contributed by atoms with Gasteiger partial charge in [-0.25, -0.2) is 0 Å². The molecule has 0 aromatic heterocycles. The van der Waals surface area contributed by atoms with Crippen molar-refractivity contribution in [2.75, 3.05) is 26.2 Å². The van der Waals surface area contributed by atoms with Crippen LogP contribution < -0.4 is 4.74 Å².